The molecule has 0 saturated carbocycles. The molecule has 0 aliphatic carbocycles. The molecule has 1 aromatic heterocycles. The Morgan fingerprint density at radius 1 is 1.14 bits per heavy atom. The van der Waals surface area contributed by atoms with E-state index in [0.29, 0.717) is 0 Å². The van der Waals surface area contributed by atoms with Crippen LogP contribution in [-0.4, -0.2) is 28.6 Å². The number of benzene rings is 1. The topological polar surface area (TPSA) is 77.7 Å². The van der Waals surface area contributed by atoms with E-state index in [2.05, 4.69) is 15.5 Å². The number of thiol groups is 1. The molecule has 0 atom stereocenters. The van der Waals surface area contributed by atoms with Gasteiger partial charge in [-0.3, -0.25) is 0 Å². The molecular weight excluding hydrogens is 204 g/mol. The minimum atomic E-state index is -2.53. The van der Waals surface area contributed by atoms with Crippen molar-refractivity contribution in [2.24, 2.45) is 0 Å². The first-order valence-electron chi connectivity index (χ1n) is 3.75. The van der Waals surface area contributed by atoms with E-state index in [1.165, 1.54) is 23.1 Å². The van der Waals surface area contributed by atoms with Crippen molar-refractivity contribution >= 4 is 10.7 Å². The van der Waals surface area contributed by atoms with Crippen molar-refractivity contribution in [1.82, 2.24) is 20.2 Å². The van der Waals surface area contributed by atoms with Gasteiger partial charge in [0.05, 0.1) is 10.6 Å². The molecule has 1 heterocycles. The van der Waals surface area contributed by atoms with Gasteiger partial charge in [-0.25, -0.2) is 13.1 Å². The minimum absolute atomic E-state index is 0.275. The molecule has 0 spiro atoms. The predicted molar refractivity (Wildman–Crippen MR) is 47.7 cm³/mol. The van der Waals surface area contributed by atoms with Crippen molar-refractivity contribution in [2.45, 2.75) is 4.90 Å². The Bertz CT molecular complexity index is 481. The summed E-state index contributed by atoms with van der Waals surface area (Å²) < 4.78 is 22.6. The SMILES string of the molecule is O=[SH](=O)c1ccc(-n2cnnn2)cc1. The second kappa shape index (κ2) is 3.54. The van der Waals surface area contributed by atoms with E-state index in [1.807, 2.05) is 0 Å². The summed E-state index contributed by atoms with van der Waals surface area (Å²) in [7, 11) is -2.53. The molecule has 0 unspecified atom stereocenters. The highest BCUT2D eigenvalue weighted by molar-refractivity contribution is 7.72. The third kappa shape index (κ3) is 1.62. The van der Waals surface area contributed by atoms with E-state index in [4.69, 9.17) is 0 Å². The summed E-state index contributed by atoms with van der Waals surface area (Å²) >= 11 is 0. The molecule has 0 radical (unpaired) electrons. The van der Waals surface area contributed by atoms with Crippen LogP contribution in [0.1, 0.15) is 0 Å². The summed E-state index contributed by atoms with van der Waals surface area (Å²) in [5.74, 6) is 0. The van der Waals surface area contributed by atoms with Crippen LogP contribution in [-0.2, 0) is 10.7 Å². The van der Waals surface area contributed by atoms with Crippen LogP contribution >= 0.6 is 0 Å². The lowest BCUT2D eigenvalue weighted by atomic mass is 10.3. The summed E-state index contributed by atoms with van der Waals surface area (Å²) in [5.41, 5.74) is 0.718. The van der Waals surface area contributed by atoms with E-state index in [-0.39, 0.29) is 4.90 Å². The average Bonchev–Trinajstić information content (AvgIpc) is 2.71. The van der Waals surface area contributed by atoms with Gasteiger partial charge in [-0.05, 0) is 34.7 Å². The molecule has 7 heteroatoms. The highest BCUT2D eigenvalue weighted by atomic mass is 32.2. The van der Waals surface area contributed by atoms with E-state index in [9.17, 15) is 8.42 Å². The summed E-state index contributed by atoms with van der Waals surface area (Å²) in [6.45, 7) is 0. The Kier molecular flexibility index (Phi) is 2.23. The number of hydrogen-bond acceptors (Lipinski definition) is 5. The molecule has 6 nitrogen and oxygen atoms in total. The fraction of sp³-hybridized carbons (Fsp3) is 0. The Morgan fingerprint density at radius 3 is 2.36 bits per heavy atom. The molecular formula is C7H6N4O2S. The normalized spacial score (nSPS) is 10.6. The van der Waals surface area contributed by atoms with Gasteiger partial charge in [-0.15, -0.1) is 5.10 Å². The van der Waals surface area contributed by atoms with Gasteiger partial charge in [-0.1, -0.05) is 0 Å². The van der Waals surface area contributed by atoms with E-state index in [0.717, 1.165) is 5.69 Å². The van der Waals surface area contributed by atoms with E-state index in [1.54, 1.807) is 12.1 Å². The van der Waals surface area contributed by atoms with Gasteiger partial charge >= 0.3 is 0 Å². The van der Waals surface area contributed by atoms with Crippen molar-refractivity contribution in [3.05, 3.63) is 30.6 Å². The molecule has 2 aromatic rings. The molecule has 0 N–H and O–H groups in total. The number of nitrogens with zero attached hydrogens (tertiary/aromatic N) is 4. The summed E-state index contributed by atoms with van der Waals surface area (Å²) in [4.78, 5) is 0.275. The fourth-order valence-corrected chi connectivity index (χ4v) is 1.40. The number of tetrazole rings is 1. The van der Waals surface area contributed by atoms with E-state index >= 15 is 0 Å². The summed E-state index contributed by atoms with van der Waals surface area (Å²) in [6, 6.07) is 6.28. The lowest BCUT2D eigenvalue weighted by Crippen LogP contribution is -1.94. The molecule has 0 fully saturated rings. The third-order valence-electron chi connectivity index (χ3n) is 1.67. The van der Waals surface area contributed by atoms with Crippen LogP contribution in [0.4, 0.5) is 0 Å². The number of hydrogen-bond donors (Lipinski definition) is 1. The maximum absolute atomic E-state index is 10.6. The van der Waals surface area contributed by atoms with Gasteiger partial charge in [0.15, 0.2) is 10.7 Å². The lowest BCUT2D eigenvalue weighted by Gasteiger charge is -1.97. The Balaban J connectivity index is 2.40. The summed E-state index contributed by atoms with van der Waals surface area (Å²) in [5, 5.41) is 10.6. The van der Waals surface area contributed by atoms with Crippen molar-refractivity contribution in [3.8, 4) is 5.69 Å². The second-order valence-corrected chi connectivity index (χ2v) is 3.56. The van der Waals surface area contributed by atoms with Crippen molar-refractivity contribution in [3.63, 3.8) is 0 Å². The van der Waals surface area contributed by atoms with Gasteiger partial charge in [-0.2, -0.15) is 0 Å². The largest absolute Gasteiger partial charge is 0.227 e. The number of rotatable bonds is 2. The zero-order valence-electron chi connectivity index (χ0n) is 6.94. The predicted octanol–water partition coefficient (Wildman–Crippen LogP) is -0.367. The van der Waals surface area contributed by atoms with Gasteiger partial charge in [0.25, 0.3) is 0 Å². The van der Waals surface area contributed by atoms with E-state index < -0.39 is 10.7 Å². The smallest absolute Gasteiger partial charge is 0.168 e. The van der Waals surface area contributed by atoms with Gasteiger partial charge in [0.2, 0.25) is 0 Å². The Labute approximate surface area is 81.1 Å². The molecule has 0 aliphatic rings. The van der Waals surface area contributed by atoms with Gasteiger partial charge in [0, 0.05) is 0 Å². The van der Waals surface area contributed by atoms with Crippen LogP contribution in [0.25, 0.3) is 5.69 Å². The molecule has 0 saturated heterocycles. The maximum Gasteiger partial charge on any atom is 0.168 e. The number of aromatic nitrogens is 4. The maximum atomic E-state index is 10.6. The third-order valence-corrected chi connectivity index (χ3v) is 2.39. The van der Waals surface area contributed by atoms with Crippen molar-refractivity contribution in [1.29, 1.82) is 0 Å². The first kappa shape index (κ1) is 8.82. The standard InChI is InChI=1S/C7H6N4O2S/c12-14(13)7-3-1-6(2-4-7)11-5-8-9-10-11/h1-5,14H. The molecule has 0 bridgehead atoms. The second-order valence-electron chi connectivity index (χ2n) is 2.53. The zero-order chi connectivity index (χ0) is 9.97. The lowest BCUT2D eigenvalue weighted by molar-refractivity contribution is 0.614. The van der Waals surface area contributed by atoms with Crippen LogP contribution in [0.2, 0.25) is 0 Å². The molecule has 1 aromatic carbocycles. The Hall–Kier alpha value is -1.76. The van der Waals surface area contributed by atoms with Crippen LogP contribution in [0.3, 0.4) is 0 Å². The van der Waals surface area contributed by atoms with Crippen LogP contribution in [0.15, 0.2) is 35.5 Å². The highest BCUT2D eigenvalue weighted by Gasteiger charge is 1.98. The summed E-state index contributed by atoms with van der Waals surface area (Å²) in [6.07, 6.45) is 1.44. The average molecular weight is 210 g/mol. The Morgan fingerprint density at radius 2 is 1.86 bits per heavy atom. The molecule has 2 rings (SSSR count). The minimum Gasteiger partial charge on any atom is -0.227 e. The quantitative estimate of drug-likeness (QED) is 0.684. The van der Waals surface area contributed by atoms with Gasteiger partial charge in [0.1, 0.15) is 6.33 Å². The molecule has 14 heavy (non-hydrogen) atoms. The first-order chi connectivity index (χ1) is 6.77. The molecule has 72 valence electrons. The zero-order valence-corrected chi connectivity index (χ0v) is 7.83. The molecule has 0 amide bonds. The fourth-order valence-electron chi connectivity index (χ4n) is 1.01. The van der Waals surface area contributed by atoms with Crippen LogP contribution in [0.5, 0.6) is 0 Å². The van der Waals surface area contributed by atoms with Crippen molar-refractivity contribution in [2.75, 3.05) is 0 Å². The monoisotopic (exact) mass is 210 g/mol. The first-order valence-corrected chi connectivity index (χ1v) is 4.93. The van der Waals surface area contributed by atoms with Crippen molar-refractivity contribution < 1.29 is 8.42 Å². The highest BCUT2D eigenvalue weighted by Crippen LogP contribution is 2.07. The molecule has 0 aliphatic heterocycles. The van der Waals surface area contributed by atoms with Gasteiger partial charge < -0.3 is 0 Å². The van der Waals surface area contributed by atoms with Crippen LogP contribution < -0.4 is 0 Å². The van der Waals surface area contributed by atoms with Crippen LogP contribution in [0, 0.1) is 0 Å².